The summed E-state index contributed by atoms with van der Waals surface area (Å²) in [7, 11) is -2.23. The molecule has 0 radical (unpaired) electrons. The molecule has 0 amide bonds. The summed E-state index contributed by atoms with van der Waals surface area (Å²) >= 11 is 0. The Hall–Kier alpha value is -1.62. The molecule has 6 nitrogen and oxygen atoms in total. The van der Waals surface area contributed by atoms with Crippen molar-refractivity contribution in [3.8, 4) is 6.07 Å². The molecular weight excluding hydrogens is 290 g/mol. The highest BCUT2D eigenvalue weighted by Crippen LogP contribution is 2.22. The number of ether oxygens (including phenoxy) is 1. The fourth-order valence-corrected chi connectivity index (χ4v) is 3.62. The number of hydrogen-bond donors (Lipinski definition) is 1. The highest BCUT2D eigenvalue weighted by atomic mass is 32.2. The summed E-state index contributed by atoms with van der Waals surface area (Å²) in [5.41, 5.74) is 6.02. The van der Waals surface area contributed by atoms with Crippen molar-refractivity contribution in [1.29, 1.82) is 5.26 Å². The average Bonchev–Trinajstić information content (AvgIpc) is 2.42. The van der Waals surface area contributed by atoms with E-state index in [-0.39, 0.29) is 22.9 Å². The van der Waals surface area contributed by atoms with Crippen molar-refractivity contribution in [3.05, 3.63) is 23.8 Å². The molecule has 0 bridgehead atoms. The first-order valence-electron chi connectivity index (χ1n) is 6.61. The first-order chi connectivity index (χ1) is 9.82. The Kier molecular flexibility index (Phi) is 6.15. The third-order valence-electron chi connectivity index (χ3n) is 2.86. The molecule has 1 aromatic carbocycles. The lowest BCUT2D eigenvalue weighted by atomic mass is 10.2. The number of nitrogens with zero attached hydrogens (tertiary/aromatic N) is 2. The molecular formula is C14H21N3O3S. The lowest BCUT2D eigenvalue weighted by molar-refractivity contribution is 0.175. The largest absolute Gasteiger partial charge is 0.399 e. The number of nitrogens with two attached hydrogens (primary N) is 1. The average molecular weight is 311 g/mol. The van der Waals surface area contributed by atoms with Gasteiger partial charge in [0, 0.05) is 25.9 Å². The molecule has 0 heterocycles. The number of hydrogen-bond acceptors (Lipinski definition) is 5. The Bertz CT molecular complexity index is 621. The maximum Gasteiger partial charge on any atom is 0.244 e. The van der Waals surface area contributed by atoms with Gasteiger partial charge in [-0.25, -0.2) is 8.42 Å². The molecule has 0 aliphatic carbocycles. The number of nitriles is 1. The van der Waals surface area contributed by atoms with Gasteiger partial charge in [0.2, 0.25) is 10.0 Å². The van der Waals surface area contributed by atoms with Gasteiger partial charge in [0.05, 0.1) is 12.2 Å². The zero-order valence-electron chi connectivity index (χ0n) is 12.5. The van der Waals surface area contributed by atoms with E-state index in [9.17, 15) is 8.42 Å². The van der Waals surface area contributed by atoms with E-state index in [1.165, 1.54) is 29.6 Å². The molecule has 0 aliphatic rings. The van der Waals surface area contributed by atoms with E-state index in [1.807, 2.05) is 19.9 Å². The summed E-state index contributed by atoms with van der Waals surface area (Å²) in [5, 5.41) is 9.13. The number of sulfonamides is 1. The van der Waals surface area contributed by atoms with Crippen LogP contribution < -0.4 is 5.73 Å². The molecule has 116 valence electrons. The number of rotatable bonds is 7. The molecule has 2 N–H and O–H groups in total. The predicted molar refractivity (Wildman–Crippen MR) is 81.0 cm³/mol. The van der Waals surface area contributed by atoms with Gasteiger partial charge in [-0.3, -0.25) is 0 Å². The summed E-state index contributed by atoms with van der Waals surface area (Å²) in [5.74, 6) is 0.163. The Labute approximate surface area is 126 Å². The lowest BCUT2D eigenvalue weighted by Crippen LogP contribution is -2.37. The van der Waals surface area contributed by atoms with Crippen LogP contribution in [0.3, 0.4) is 0 Å². The smallest absolute Gasteiger partial charge is 0.244 e. The van der Waals surface area contributed by atoms with Gasteiger partial charge < -0.3 is 10.5 Å². The molecule has 21 heavy (non-hydrogen) atoms. The van der Waals surface area contributed by atoms with Crippen molar-refractivity contribution in [1.82, 2.24) is 4.31 Å². The minimum Gasteiger partial charge on any atom is -0.399 e. The van der Waals surface area contributed by atoms with E-state index in [4.69, 9.17) is 15.7 Å². The van der Waals surface area contributed by atoms with Crippen LogP contribution in [0.15, 0.2) is 23.1 Å². The van der Waals surface area contributed by atoms with E-state index in [0.29, 0.717) is 18.8 Å². The first kappa shape index (κ1) is 17.4. The molecule has 0 saturated heterocycles. The fourth-order valence-electron chi connectivity index (χ4n) is 1.91. The second kappa shape index (κ2) is 7.41. The van der Waals surface area contributed by atoms with E-state index in [0.717, 1.165) is 0 Å². The molecule has 0 fully saturated rings. The molecule has 0 aliphatic heterocycles. The minimum absolute atomic E-state index is 0.0176. The summed E-state index contributed by atoms with van der Waals surface area (Å²) in [6, 6.07) is 6.12. The summed E-state index contributed by atoms with van der Waals surface area (Å²) in [6.07, 6.45) is 0. The fraction of sp³-hybridized carbons (Fsp3) is 0.500. The molecule has 0 unspecified atom stereocenters. The van der Waals surface area contributed by atoms with Crippen molar-refractivity contribution < 1.29 is 13.2 Å². The number of nitrogen functional groups attached to an aromatic ring is 1. The zero-order valence-corrected chi connectivity index (χ0v) is 13.4. The van der Waals surface area contributed by atoms with Crippen molar-refractivity contribution in [2.75, 3.05) is 32.5 Å². The highest BCUT2D eigenvalue weighted by Gasteiger charge is 2.27. The van der Waals surface area contributed by atoms with Gasteiger partial charge in [-0.1, -0.05) is 13.8 Å². The van der Waals surface area contributed by atoms with Gasteiger partial charge in [-0.15, -0.1) is 0 Å². The summed E-state index contributed by atoms with van der Waals surface area (Å²) in [6.45, 7) is 4.77. The molecule has 0 spiro atoms. The van der Waals surface area contributed by atoms with Crippen LogP contribution in [-0.2, 0) is 14.8 Å². The molecule has 0 atom stereocenters. The van der Waals surface area contributed by atoms with E-state index in [1.54, 1.807) is 0 Å². The number of anilines is 1. The van der Waals surface area contributed by atoms with Crippen LogP contribution in [0.5, 0.6) is 0 Å². The van der Waals surface area contributed by atoms with Crippen LogP contribution in [0.25, 0.3) is 0 Å². The van der Waals surface area contributed by atoms with Crippen molar-refractivity contribution in [3.63, 3.8) is 0 Å². The topological polar surface area (TPSA) is 96.4 Å². The normalized spacial score (nSPS) is 11.8. The molecule has 1 aromatic rings. The van der Waals surface area contributed by atoms with Gasteiger partial charge >= 0.3 is 0 Å². The maximum absolute atomic E-state index is 12.7. The second-order valence-corrected chi connectivity index (χ2v) is 7.02. The van der Waals surface area contributed by atoms with Gasteiger partial charge in [-0.2, -0.15) is 9.57 Å². The Morgan fingerprint density at radius 3 is 2.62 bits per heavy atom. The van der Waals surface area contributed by atoms with Gasteiger partial charge in [0.1, 0.15) is 11.0 Å². The van der Waals surface area contributed by atoms with E-state index < -0.39 is 10.0 Å². The van der Waals surface area contributed by atoms with Crippen LogP contribution >= 0.6 is 0 Å². The highest BCUT2D eigenvalue weighted by molar-refractivity contribution is 7.89. The summed E-state index contributed by atoms with van der Waals surface area (Å²) < 4.78 is 31.8. The molecule has 0 saturated carbocycles. The number of benzene rings is 1. The predicted octanol–water partition coefficient (Wildman–Crippen LogP) is 1.43. The van der Waals surface area contributed by atoms with Crippen LogP contribution in [0, 0.1) is 17.2 Å². The van der Waals surface area contributed by atoms with Crippen LogP contribution in [0.2, 0.25) is 0 Å². The number of methoxy groups -OCH3 is 1. The minimum atomic E-state index is -3.75. The van der Waals surface area contributed by atoms with Crippen molar-refractivity contribution >= 4 is 15.7 Å². The van der Waals surface area contributed by atoms with E-state index in [2.05, 4.69) is 0 Å². The zero-order chi connectivity index (χ0) is 16.0. The van der Waals surface area contributed by atoms with Crippen LogP contribution in [0.4, 0.5) is 5.69 Å². The molecule has 1 rings (SSSR count). The molecule has 0 aromatic heterocycles. The summed E-state index contributed by atoms with van der Waals surface area (Å²) in [4.78, 5) is -0.0176. The quantitative estimate of drug-likeness (QED) is 0.768. The monoisotopic (exact) mass is 311 g/mol. The Morgan fingerprint density at radius 2 is 2.10 bits per heavy atom. The van der Waals surface area contributed by atoms with Crippen molar-refractivity contribution in [2.45, 2.75) is 18.7 Å². The van der Waals surface area contributed by atoms with E-state index >= 15 is 0 Å². The third-order valence-corrected chi connectivity index (χ3v) is 4.78. The van der Waals surface area contributed by atoms with Crippen molar-refractivity contribution in [2.24, 2.45) is 5.92 Å². The Balaban J connectivity index is 3.25. The van der Waals surface area contributed by atoms with Crippen LogP contribution in [0.1, 0.15) is 19.4 Å². The van der Waals surface area contributed by atoms with Gasteiger partial charge in [0.15, 0.2) is 0 Å². The Morgan fingerprint density at radius 1 is 1.43 bits per heavy atom. The third kappa shape index (κ3) is 4.43. The first-order valence-corrected chi connectivity index (χ1v) is 8.05. The standard InChI is InChI=1S/C14H21N3O3S/c1-11(2)10-17(6-7-20-3)21(18,19)14-5-4-13(16)8-12(14)9-15/h4-5,8,11H,6-7,10,16H2,1-3H3. The molecule has 7 heteroatoms. The van der Waals surface area contributed by atoms with Crippen LogP contribution in [-0.4, -0.2) is 39.5 Å². The maximum atomic E-state index is 12.7. The lowest BCUT2D eigenvalue weighted by Gasteiger charge is -2.24. The van der Waals surface area contributed by atoms with Gasteiger partial charge in [-0.05, 0) is 24.1 Å². The van der Waals surface area contributed by atoms with Gasteiger partial charge in [0.25, 0.3) is 0 Å². The SMILES string of the molecule is COCCN(CC(C)C)S(=O)(=O)c1ccc(N)cc1C#N. The second-order valence-electron chi connectivity index (χ2n) is 5.12.